The second-order valence-corrected chi connectivity index (χ2v) is 12.2. The van der Waals surface area contributed by atoms with Gasteiger partial charge >= 0.3 is 0 Å². The van der Waals surface area contributed by atoms with Crippen molar-refractivity contribution in [2.24, 2.45) is 5.92 Å². The molecular formula is C30H36ClN3O4S. The van der Waals surface area contributed by atoms with Crippen LogP contribution in [-0.2, 0) is 26.0 Å². The summed E-state index contributed by atoms with van der Waals surface area (Å²) in [7, 11) is -4.16. The number of benzene rings is 3. The molecule has 0 saturated heterocycles. The van der Waals surface area contributed by atoms with Crippen LogP contribution in [0.4, 0.5) is 5.69 Å². The molecule has 39 heavy (non-hydrogen) atoms. The Balaban J connectivity index is 1.97. The lowest BCUT2D eigenvalue weighted by Gasteiger charge is -2.32. The number of hydrogen-bond donors (Lipinski definition) is 1. The van der Waals surface area contributed by atoms with E-state index in [0.29, 0.717) is 13.0 Å². The zero-order valence-corrected chi connectivity index (χ0v) is 24.4. The lowest BCUT2D eigenvalue weighted by molar-refractivity contribution is -0.138. The molecular weight excluding hydrogens is 534 g/mol. The minimum atomic E-state index is -4.16. The van der Waals surface area contributed by atoms with Gasteiger partial charge in [0.15, 0.2) is 0 Å². The molecule has 0 radical (unpaired) electrons. The number of sulfonamides is 1. The minimum Gasteiger partial charge on any atom is -0.354 e. The topological polar surface area (TPSA) is 86.8 Å². The minimum absolute atomic E-state index is 0.0411. The summed E-state index contributed by atoms with van der Waals surface area (Å²) in [6.45, 7) is 7.68. The predicted molar refractivity (Wildman–Crippen MR) is 156 cm³/mol. The first-order valence-electron chi connectivity index (χ1n) is 13.0. The van der Waals surface area contributed by atoms with E-state index in [1.165, 1.54) is 17.0 Å². The highest BCUT2D eigenvalue weighted by molar-refractivity contribution is 7.92. The van der Waals surface area contributed by atoms with Crippen LogP contribution >= 0.6 is 11.6 Å². The SMILES string of the molecule is Cc1ccc(S(=O)(=O)N(CC(=O)N(CCc2ccccc2)[C@@H](C)C(=O)NCC(C)C)c2ccccc2Cl)cc1. The maximum atomic E-state index is 13.9. The number of para-hydroxylation sites is 1. The number of carbonyl (C=O) groups is 2. The molecule has 1 N–H and O–H groups in total. The fourth-order valence-corrected chi connectivity index (χ4v) is 5.75. The summed E-state index contributed by atoms with van der Waals surface area (Å²) < 4.78 is 28.7. The van der Waals surface area contributed by atoms with Crippen LogP contribution < -0.4 is 9.62 Å². The first-order valence-corrected chi connectivity index (χ1v) is 14.8. The molecule has 3 aromatic rings. The molecule has 208 valence electrons. The van der Waals surface area contributed by atoms with Gasteiger partial charge in [0.05, 0.1) is 15.6 Å². The van der Waals surface area contributed by atoms with Crippen molar-refractivity contribution in [1.82, 2.24) is 10.2 Å². The fraction of sp³-hybridized carbons (Fsp3) is 0.333. The Labute approximate surface area is 236 Å². The van der Waals surface area contributed by atoms with Crippen molar-refractivity contribution in [2.45, 2.75) is 45.1 Å². The van der Waals surface area contributed by atoms with Crippen molar-refractivity contribution in [3.05, 3.63) is 95.0 Å². The van der Waals surface area contributed by atoms with Crippen LogP contribution in [0.2, 0.25) is 5.02 Å². The van der Waals surface area contributed by atoms with Gasteiger partial charge in [-0.2, -0.15) is 0 Å². The molecule has 3 rings (SSSR count). The molecule has 0 heterocycles. The lowest BCUT2D eigenvalue weighted by atomic mass is 10.1. The van der Waals surface area contributed by atoms with E-state index in [-0.39, 0.29) is 34.0 Å². The first kappa shape index (κ1) is 30.2. The van der Waals surface area contributed by atoms with E-state index in [1.807, 2.05) is 51.1 Å². The number of amides is 2. The average Bonchev–Trinajstić information content (AvgIpc) is 2.91. The Bertz CT molecular complexity index is 1360. The number of hydrogen-bond acceptors (Lipinski definition) is 4. The molecule has 0 fully saturated rings. The molecule has 3 aromatic carbocycles. The number of aryl methyl sites for hydroxylation is 1. The van der Waals surface area contributed by atoms with Crippen molar-refractivity contribution in [2.75, 3.05) is 23.9 Å². The molecule has 0 bridgehead atoms. The van der Waals surface area contributed by atoms with Crippen LogP contribution in [0.3, 0.4) is 0 Å². The van der Waals surface area contributed by atoms with Crippen LogP contribution in [0.1, 0.15) is 31.9 Å². The van der Waals surface area contributed by atoms with E-state index in [0.717, 1.165) is 15.4 Å². The predicted octanol–water partition coefficient (Wildman–Crippen LogP) is 5.08. The summed E-state index contributed by atoms with van der Waals surface area (Å²) in [5, 5.41) is 3.08. The van der Waals surface area contributed by atoms with Gasteiger partial charge in [-0.3, -0.25) is 13.9 Å². The van der Waals surface area contributed by atoms with E-state index < -0.39 is 28.5 Å². The largest absolute Gasteiger partial charge is 0.354 e. The van der Waals surface area contributed by atoms with E-state index in [1.54, 1.807) is 43.3 Å². The molecule has 0 aromatic heterocycles. The summed E-state index contributed by atoms with van der Waals surface area (Å²) in [5.41, 5.74) is 2.09. The third-order valence-corrected chi connectivity index (χ3v) is 8.44. The van der Waals surface area contributed by atoms with Crippen LogP contribution in [0.25, 0.3) is 0 Å². The molecule has 0 spiro atoms. The number of rotatable bonds is 12. The Hall–Kier alpha value is -3.36. The number of nitrogens with zero attached hydrogens (tertiary/aromatic N) is 2. The zero-order chi connectivity index (χ0) is 28.6. The Morgan fingerprint density at radius 3 is 2.13 bits per heavy atom. The molecule has 9 heteroatoms. The van der Waals surface area contributed by atoms with Crippen LogP contribution in [-0.4, -0.2) is 50.8 Å². The number of nitrogens with one attached hydrogen (secondary N) is 1. The van der Waals surface area contributed by atoms with Crippen molar-refractivity contribution < 1.29 is 18.0 Å². The highest BCUT2D eigenvalue weighted by Crippen LogP contribution is 2.30. The van der Waals surface area contributed by atoms with Gasteiger partial charge in [-0.05, 0) is 56.0 Å². The van der Waals surface area contributed by atoms with Gasteiger partial charge in [-0.1, -0.05) is 85.6 Å². The summed E-state index contributed by atoms with van der Waals surface area (Å²) >= 11 is 6.43. The molecule has 0 aliphatic heterocycles. The summed E-state index contributed by atoms with van der Waals surface area (Å²) in [4.78, 5) is 28.4. The van der Waals surface area contributed by atoms with Crippen LogP contribution in [0.5, 0.6) is 0 Å². The quantitative estimate of drug-likeness (QED) is 0.330. The van der Waals surface area contributed by atoms with Crippen LogP contribution in [0, 0.1) is 12.8 Å². The number of halogens is 1. The first-order chi connectivity index (χ1) is 18.5. The summed E-state index contributed by atoms with van der Waals surface area (Å²) in [6, 6.07) is 21.7. The van der Waals surface area contributed by atoms with E-state index >= 15 is 0 Å². The zero-order valence-electron chi connectivity index (χ0n) is 22.8. The maximum Gasteiger partial charge on any atom is 0.264 e. The highest BCUT2D eigenvalue weighted by atomic mass is 35.5. The van der Waals surface area contributed by atoms with Crippen molar-refractivity contribution in [3.8, 4) is 0 Å². The van der Waals surface area contributed by atoms with Gasteiger partial charge < -0.3 is 10.2 Å². The third-order valence-electron chi connectivity index (χ3n) is 6.35. The van der Waals surface area contributed by atoms with Crippen molar-refractivity contribution in [3.63, 3.8) is 0 Å². The highest BCUT2D eigenvalue weighted by Gasteiger charge is 2.33. The van der Waals surface area contributed by atoms with Crippen LogP contribution in [0.15, 0.2) is 83.8 Å². The van der Waals surface area contributed by atoms with Gasteiger partial charge in [0.1, 0.15) is 12.6 Å². The van der Waals surface area contributed by atoms with Crippen molar-refractivity contribution in [1.29, 1.82) is 0 Å². The molecule has 0 unspecified atom stereocenters. The second kappa shape index (κ2) is 13.6. The van der Waals surface area contributed by atoms with Gasteiger partial charge in [0.25, 0.3) is 10.0 Å². The normalized spacial score (nSPS) is 12.2. The fourth-order valence-electron chi connectivity index (χ4n) is 4.03. The second-order valence-electron chi connectivity index (χ2n) is 9.91. The third kappa shape index (κ3) is 8.07. The molecule has 7 nitrogen and oxygen atoms in total. The number of carbonyl (C=O) groups excluding carboxylic acids is 2. The maximum absolute atomic E-state index is 13.9. The average molecular weight is 570 g/mol. The Kier molecular flexibility index (Phi) is 10.5. The van der Waals surface area contributed by atoms with Gasteiger partial charge in [-0.25, -0.2) is 8.42 Å². The standard InChI is InChI=1S/C30H36ClN3O4S/c1-22(2)20-32-30(36)24(4)33(19-18-25-10-6-5-7-11-25)29(35)21-34(28-13-9-8-12-27(28)31)39(37,38)26-16-14-23(3)15-17-26/h5-17,22,24H,18-21H2,1-4H3,(H,32,36)/t24-/m0/s1. The smallest absolute Gasteiger partial charge is 0.264 e. The molecule has 0 aliphatic carbocycles. The number of anilines is 1. The van der Waals surface area contributed by atoms with E-state index in [2.05, 4.69) is 5.32 Å². The van der Waals surface area contributed by atoms with E-state index in [4.69, 9.17) is 11.6 Å². The monoisotopic (exact) mass is 569 g/mol. The summed E-state index contributed by atoms with van der Waals surface area (Å²) in [5.74, 6) is -0.561. The molecule has 0 saturated carbocycles. The Morgan fingerprint density at radius 2 is 1.51 bits per heavy atom. The molecule has 0 aliphatic rings. The lowest BCUT2D eigenvalue weighted by Crippen LogP contribution is -2.52. The van der Waals surface area contributed by atoms with Gasteiger partial charge in [0.2, 0.25) is 11.8 Å². The Morgan fingerprint density at radius 1 is 0.897 bits per heavy atom. The van der Waals surface area contributed by atoms with Crippen molar-refractivity contribution >= 4 is 39.1 Å². The molecule has 2 amide bonds. The summed E-state index contributed by atoms with van der Waals surface area (Å²) in [6.07, 6.45) is 0.505. The molecule has 1 atom stereocenters. The van der Waals surface area contributed by atoms with Gasteiger partial charge in [-0.15, -0.1) is 0 Å². The van der Waals surface area contributed by atoms with E-state index in [9.17, 15) is 18.0 Å². The van der Waals surface area contributed by atoms with Gasteiger partial charge in [0, 0.05) is 13.1 Å².